The molecule has 2 rings (SSSR count). The standard InChI is InChI=1S/C17H15Cl2N3O2/c1-11(13-5-3-2-4-6-13)21-16(23)17(24)22-20-10-12-7-8-14(18)15(19)9-12/h2-11H,1H3,(H,21,23)(H,22,24)/b20-10-/t11-/m1/s1. The van der Waals surface area contributed by atoms with E-state index in [1.54, 1.807) is 25.1 Å². The molecule has 0 radical (unpaired) electrons. The van der Waals surface area contributed by atoms with Crippen LogP contribution in [0.4, 0.5) is 0 Å². The van der Waals surface area contributed by atoms with Crippen LogP contribution < -0.4 is 10.7 Å². The summed E-state index contributed by atoms with van der Waals surface area (Å²) in [6.07, 6.45) is 1.37. The number of carbonyl (C=O) groups is 2. The SMILES string of the molecule is C[C@@H](NC(=O)C(=O)N/N=C\c1ccc(Cl)c(Cl)c1)c1ccccc1. The highest BCUT2D eigenvalue weighted by Crippen LogP contribution is 2.21. The Morgan fingerprint density at radius 3 is 2.42 bits per heavy atom. The summed E-state index contributed by atoms with van der Waals surface area (Å²) in [5, 5.41) is 7.12. The first-order chi connectivity index (χ1) is 11.5. The second-order valence-corrected chi connectivity index (χ2v) is 5.79. The van der Waals surface area contributed by atoms with Crippen molar-refractivity contribution in [3.63, 3.8) is 0 Å². The topological polar surface area (TPSA) is 70.6 Å². The van der Waals surface area contributed by atoms with Crippen molar-refractivity contribution in [2.45, 2.75) is 13.0 Å². The molecule has 0 aromatic heterocycles. The number of nitrogens with zero attached hydrogens (tertiary/aromatic N) is 1. The van der Waals surface area contributed by atoms with Crippen LogP contribution in [-0.2, 0) is 9.59 Å². The fourth-order valence-electron chi connectivity index (χ4n) is 1.90. The quantitative estimate of drug-likeness (QED) is 0.496. The predicted molar refractivity (Wildman–Crippen MR) is 95.2 cm³/mol. The molecule has 1 atom stereocenters. The molecule has 0 aliphatic carbocycles. The van der Waals surface area contributed by atoms with E-state index in [0.717, 1.165) is 5.56 Å². The highest BCUT2D eigenvalue weighted by atomic mass is 35.5. The van der Waals surface area contributed by atoms with E-state index in [1.165, 1.54) is 6.21 Å². The van der Waals surface area contributed by atoms with Crippen molar-refractivity contribution in [3.8, 4) is 0 Å². The lowest BCUT2D eigenvalue weighted by molar-refractivity contribution is -0.139. The molecule has 7 heteroatoms. The van der Waals surface area contributed by atoms with Crippen molar-refractivity contribution in [1.29, 1.82) is 0 Å². The van der Waals surface area contributed by atoms with Crippen LogP contribution in [0.3, 0.4) is 0 Å². The first kappa shape index (κ1) is 18.0. The van der Waals surface area contributed by atoms with Crippen LogP contribution in [-0.4, -0.2) is 18.0 Å². The number of amides is 2. The average molecular weight is 364 g/mol. The van der Waals surface area contributed by atoms with E-state index in [2.05, 4.69) is 15.8 Å². The number of hydrogen-bond acceptors (Lipinski definition) is 3. The monoisotopic (exact) mass is 363 g/mol. The Morgan fingerprint density at radius 2 is 1.75 bits per heavy atom. The van der Waals surface area contributed by atoms with Gasteiger partial charge in [-0.05, 0) is 30.2 Å². The summed E-state index contributed by atoms with van der Waals surface area (Å²) >= 11 is 11.7. The minimum atomic E-state index is -0.853. The molecule has 0 saturated carbocycles. The molecule has 124 valence electrons. The van der Waals surface area contributed by atoms with Gasteiger partial charge in [0.2, 0.25) is 0 Å². The molecule has 0 bridgehead atoms. The summed E-state index contributed by atoms with van der Waals surface area (Å²) in [5.74, 6) is -1.62. The maximum absolute atomic E-state index is 11.8. The van der Waals surface area contributed by atoms with Crippen LogP contribution in [0, 0.1) is 0 Å². The van der Waals surface area contributed by atoms with Gasteiger partial charge in [-0.2, -0.15) is 5.10 Å². The Kier molecular flexibility index (Phi) is 6.35. The molecular weight excluding hydrogens is 349 g/mol. The Balaban J connectivity index is 1.88. The maximum Gasteiger partial charge on any atom is 0.329 e. The number of carbonyl (C=O) groups excluding carboxylic acids is 2. The summed E-state index contributed by atoms with van der Waals surface area (Å²) in [6, 6.07) is 13.9. The zero-order valence-corrected chi connectivity index (χ0v) is 14.3. The third kappa shape index (κ3) is 5.08. The second kappa shape index (κ2) is 8.47. The van der Waals surface area contributed by atoms with E-state index < -0.39 is 11.8 Å². The smallest absolute Gasteiger partial charge is 0.329 e. The molecule has 0 aliphatic heterocycles. The van der Waals surface area contributed by atoms with E-state index in [9.17, 15) is 9.59 Å². The molecule has 0 aliphatic rings. The normalized spacial score (nSPS) is 12.0. The third-order valence-corrected chi connectivity index (χ3v) is 3.92. The number of nitrogens with one attached hydrogen (secondary N) is 2. The van der Waals surface area contributed by atoms with Crippen molar-refractivity contribution >= 4 is 41.2 Å². The van der Waals surface area contributed by atoms with Gasteiger partial charge in [0.1, 0.15) is 0 Å². The van der Waals surface area contributed by atoms with Gasteiger partial charge in [-0.25, -0.2) is 5.43 Å². The van der Waals surface area contributed by atoms with E-state index in [0.29, 0.717) is 15.6 Å². The minimum absolute atomic E-state index is 0.288. The highest BCUT2D eigenvalue weighted by Gasteiger charge is 2.16. The van der Waals surface area contributed by atoms with Crippen LogP contribution in [0.2, 0.25) is 10.0 Å². The molecule has 0 saturated heterocycles. The van der Waals surface area contributed by atoms with Gasteiger partial charge >= 0.3 is 11.8 Å². The van der Waals surface area contributed by atoms with Gasteiger partial charge in [0.05, 0.1) is 22.3 Å². The van der Waals surface area contributed by atoms with Crippen LogP contribution in [0.5, 0.6) is 0 Å². The first-order valence-corrected chi connectivity index (χ1v) is 7.87. The van der Waals surface area contributed by atoms with Crippen molar-refractivity contribution in [3.05, 3.63) is 69.7 Å². The van der Waals surface area contributed by atoms with Gasteiger partial charge in [-0.3, -0.25) is 9.59 Å². The van der Waals surface area contributed by atoms with E-state index >= 15 is 0 Å². The van der Waals surface area contributed by atoms with Gasteiger partial charge in [-0.15, -0.1) is 0 Å². The first-order valence-electron chi connectivity index (χ1n) is 7.11. The van der Waals surface area contributed by atoms with E-state index in [-0.39, 0.29) is 6.04 Å². The van der Waals surface area contributed by atoms with Crippen molar-refractivity contribution in [1.82, 2.24) is 10.7 Å². The average Bonchev–Trinajstić information content (AvgIpc) is 2.58. The molecule has 0 heterocycles. The second-order valence-electron chi connectivity index (χ2n) is 4.98. The molecule has 2 aromatic carbocycles. The Morgan fingerprint density at radius 1 is 1.04 bits per heavy atom. The van der Waals surface area contributed by atoms with Crippen LogP contribution in [0.15, 0.2) is 53.6 Å². The van der Waals surface area contributed by atoms with E-state index in [4.69, 9.17) is 23.2 Å². The summed E-state index contributed by atoms with van der Waals surface area (Å²) in [6.45, 7) is 1.79. The molecule has 0 unspecified atom stereocenters. The Labute approximate surface area is 149 Å². The van der Waals surface area contributed by atoms with Gasteiger partial charge in [0.25, 0.3) is 0 Å². The fraction of sp³-hybridized carbons (Fsp3) is 0.118. The molecule has 2 amide bonds. The molecular formula is C17H15Cl2N3O2. The number of benzene rings is 2. The fourth-order valence-corrected chi connectivity index (χ4v) is 2.20. The molecule has 2 N–H and O–H groups in total. The lowest BCUT2D eigenvalue weighted by Gasteiger charge is -2.13. The molecule has 2 aromatic rings. The number of halogens is 2. The van der Waals surface area contributed by atoms with Gasteiger partial charge in [0, 0.05) is 0 Å². The van der Waals surface area contributed by atoms with Crippen molar-refractivity contribution in [2.24, 2.45) is 5.10 Å². The summed E-state index contributed by atoms with van der Waals surface area (Å²) in [4.78, 5) is 23.6. The predicted octanol–water partition coefficient (Wildman–Crippen LogP) is 3.32. The van der Waals surface area contributed by atoms with E-state index in [1.807, 2.05) is 30.3 Å². The highest BCUT2D eigenvalue weighted by molar-refractivity contribution is 6.42. The van der Waals surface area contributed by atoms with Gasteiger partial charge in [0.15, 0.2) is 0 Å². The zero-order chi connectivity index (χ0) is 17.5. The Hall–Kier alpha value is -2.37. The summed E-state index contributed by atoms with van der Waals surface area (Å²) in [5.41, 5.74) is 3.71. The molecule has 0 spiro atoms. The zero-order valence-electron chi connectivity index (χ0n) is 12.8. The van der Waals surface area contributed by atoms with Gasteiger partial charge < -0.3 is 5.32 Å². The summed E-state index contributed by atoms with van der Waals surface area (Å²) in [7, 11) is 0. The van der Waals surface area contributed by atoms with Gasteiger partial charge in [-0.1, -0.05) is 59.6 Å². The van der Waals surface area contributed by atoms with Crippen LogP contribution in [0.25, 0.3) is 0 Å². The number of rotatable bonds is 4. The maximum atomic E-state index is 11.8. The molecule has 5 nitrogen and oxygen atoms in total. The molecule has 0 fully saturated rings. The van der Waals surface area contributed by atoms with Crippen LogP contribution >= 0.6 is 23.2 Å². The van der Waals surface area contributed by atoms with Crippen molar-refractivity contribution < 1.29 is 9.59 Å². The largest absolute Gasteiger partial charge is 0.341 e. The lowest BCUT2D eigenvalue weighted by Crippen LogP contribution is -2.39. The van der Waals surface area contributed by atoms with Crippen LogP contribution in [0.1, 0.15) is 24.1 Å². The Bertz CT molecular complexity index is 764. The lowest BCUT2D eigenvalue weighted by atomic mass is 10.1. The summed E-state index contributed by atoms with van der Waals surface area (Å²) < 4.78 is 0. The third-order valence-electron chi connectivity index (χ3n) is 3.18. The van der Waals surface area contributed by atoms with Crippen molar-refractivity contribution in [2.75, 3.05) is 0 Å². The molecule has 24 heavy (non-hydrogen) atoms. The number of hydrogen-bond donors (Lipinski definition) is 2. The minimum Gasteiger partial charge on any atom is -0.341 e. The number of hydrazone groups is 1.